The zero-order valence-corrected chi connectivity index (χ0v) is 18.6. The van der Waals surface area contributed by atoms with Gasteiger partial charge < -0.3 is 19.7 Å². The molecular weight excluding hydrogens is 408 g/mol. The number of carbonyl (C=O) groups excluding carboxylic acids is 2. The normalized spacial score (nSPS) is 10.6. The summed E-state index contributed by atoms with van der Waals surface area (Å²) in [6.45, 7) is 4.82. The molecule has 0 unspecified atom stereocenters. The maximum Gasteiger partial charge on any atom is 0.341 e. The van der Waals surface area contributed by atoms with E-state index in [9.17, 15) is 9.59 Å². The van der Waals surface area contributed by atoms with E-state index in [4.69, 9.17) is 19.7 Å². The second-order valence-corrected chi connectivity index (χ2v) is 7.65. The summed E-state index contributed by atoms with van der Waals surface area (Å²) in [6.07, 6.45) is 7.03. The van der Waals surface area contributed by atoms with E-state index in [1.165, 1.54) is 37.3 Å². The van der Waals surface area contributed by atoms with Crippen LogP contribution in [-0.4, -0.2) is 35.4 Å². The number of carbonyl (C=O) groups is 2. The number of benzene rings is 2. The third kappa shape index (κ3) is 8.29. The topological polar surface area (TPSA) is 93.1 Å². The van der Waals surface area contributed by atoms with Gasteiger partial charge in [0.05, 0.1) is 25.2 Å². The maximum absolute atomic E-state index is 12.0. The molecule has 0 saturated heterocycles. The Balaban J connectivity index is 2.20. The molecule has 2 rings (SSSR count). The van der Waals surface area contributed by atoms with Gasteiger partial charge in [0.1, 0.15) is 11.5 Å². The largest absolute Gasteiger partial charge is 0.426 e. The zero-order chi connectivity index (χ0) is 23.3. The highest BCUT2D eigenvalue weighted by atomic mass is 16.5. The lowest BCUT2D eigenvalue weighted by Gasteiger charge is -2.12. The van der Waals surface area contributed by atoms with E-state index < -0.39 is 18.5 Å². The molecule has 0 aliphatic rings. The quantitative estimate of drug-likeness (QED) is 0.205. The van der Waals surface area contributed by atoms with Gasteiger partial charge in [-0.3, -0.25) is 4.79 Å². The van der Waals surface area contributed by atoms with Crippen molar-refractivity contribution in [2.45, 2.75) is 51.9 Å². The lowest BCUT2D eigenvalue weighted by molar-refractivity contribution is -0.135. The molecule has 0 amide bonds. The van der Waals surface area contributed by atoms with Crippen LogP contribution in [0.25, 0.3) is 11.1 Å². The van der Waals surface area contributed by atoms with Gasteiger partial charge in [0, 0.05) is 6.07 Å². The van der Waals surface area contributed by atoms with E-state index in [2.05, 4.69) is 25.6 Å². The van der Waals surface area contributed by atoms with Crippen LogP contribution in [0.2, 0.25) is 0 Å². The number of hydrogen-bond acceptors (Lipinski definition) is 6. The Bertz CT molecular complexity index is 901. The van der Waals surface area contributed by atoms with Gasteiger partial charge in [-0.15, -0.1) is 0 Å². The SMILES string of the molecule is C=C(CO)C(=O)Oc1cc(OC(=O)CCO)cc(-c2ccc(CCCCCCC)cc2)c1. The number of aliphatic hydroxyl groups excluding tert-OH is 2. The number of esters is 2. The molecule has 0 aliphatic heterocycles. The zero-order valence-electron chi connectivity index (χ0n) is 18.6. The van der Waals surface area contributed by atoms with Crippen LogP contribution in [0.15, 0.2) is 54.6 Å². The first kappa shape index (κ1) is 25.3. The van der Waals surface area contributed by atoms with Crippen molar-refractivity contribution in [1.29, 1.82) is 0 Å². The molecule has 0 aliphatic carbocycles. The highest BCUT2D eigenvalue weighted by Crippen LogP contribution is 2.31. The van der Waals surface area contributed by atoms with Crippen molar-refractivity contribution in [3.8, 4) is 22.6 Å². The molecule has 6 heteroatoms. The van der Waals surface area contributed by atoms with Crippen LogP contribution in [0.3, 0.4) is 0 Å². The van der Waals surface area contributed by atoms with E-state index >= 15 is 0 Å². The highest BCUT2D eigenvalue weighted by molar-refractivity contribution is 5.90. The van der Waals surface area contributed by atoms with Crippen LogP contribution >= 0.6 is 0 Å². The monoisotopic (exact) mass is 440 g/mol. The Hall–Kier alpha value is -2.96. The number of aliphatic hydroxyl groups is 2. The van der Waals surface area contributed by atoms with E-state index in [-0.39, 0.29) is 30.1 Å². The lowest BCUT2D eigenvalue weighted by atomic mass is 10.0. The highest BCUT2D eigenvalue weighted by Gasteiger charge is 2.13. The minimum Gasteiger partial charge on any atom is -0.426 e. The summed E-state index contributed by atoms with van der Waals surface area (Å²) < 4.78 is 10.6. The first-order valence-corrected chi connectivity index (χ1v) is 11.0. The molecule has 2 aromatic rings. The predicted molar refractivity (Wildman–Crippen MR) is 124 cm³/mol. The second-order valence-electron chi connectivity index (χ2n) is 7.65. The van der Waals surface area contributed by atoms with Crippen LogP contribution < -0.4 is 9.47 Å². The number of rotatable bonds is 13. The van der Waals surface area contributed by atoms with E-state index in [0.717, 1.165) is 18.4 Å². The summed E-state index contributed by atoms with van der Waals surface area (Å²) in [7, 11) is 0. The number of unbranched alkanes of at least 4 members (excludes halogenated alkanes) is 4. The van der Waals surface area contributed by atoms with Crippen LogP contribution in [0.1, 0.15) is 51.0 Å². The molecule has 0 bridgehead atoms. The summed E-state index contributed by atoms with van der Waals surface area (Å²) in [5, 5.41) is 18.0. The molecule has 0 radical (unpaired) electrons. The smallest absolute Gasteiger partial charge is 0.341 e. The van der Waals surface area contributed by atoms with Crippen molar-refractivity contribution in [2.24, 2.45) is 0 Å². The van der Waals surface area contributed by atoms with Crippen molar-refractivity contribution in [3.63, 3.8) is 0 Å². The van der Waals surface area contributed by atoms with Gasteiger partial charge in [-0.2, -0.15) is 0 Å². The van der Waals surface area contributed by atoms with Crippen LogP contribution in [0, 0.1) is 0 Å². The molecule has 0 atom stereocenters. The fourth-order valence-corrected chi connectivity index (χ4v) is 3.17. The van der Waals surface area contributed by atoms with Gasteiger partial charge >= 0.3 is 11.9 Å². The first-order valence-electron chi connectivity index (χ1n) is 11.0. The standard InChI is InChI=1S/C26H32O6/c1-3-4-5-6-7-8-20-9-11-21(12-10-20)22-15-23(31-25(29)13-14-27)17-24(16-22)32-26(30)19(2)18-28/h9-12,15-17,27-28H,2-8,13-14,18H2,1H3. The molecule has 0 saturated carbocycles. The van der Waals surface area contributed by atoms with E-state index in [1.54, 1.807) is 12.1 Å². The van der Waals surface area contributed by atoms with Gasteiger partial charge in [-0.05, 0) is 41.7 Å². The molecule has 2 aromatic carbocycles. The Morgan fingerprint density at radius 2 is 1.53 bits per heavy atom. The Labute approximate surface area is 189 Å². The van der Waals surface area contributed by atoms with Crippen molar-refractivity contribution in [1.82, 2.24) is 0 Å². The summed E-state index contributed by atoms with van der Waals surface area (Å²) in [6, 6.07) is 12.8. The fraction of sp³-hybridized carbons (Fsp3) is 0.385. The molecule has 2 N–H and O–H groups in total. The third-order valence-electron chi connectivity index (χ3n) is 4.97. The predicted octanol–water partition coefficient (Wildman–Crippen LogP) is 4.61. The Morgan fingerprint density at radius 1 is 0.875 bits per heavy atom. The molecule has 0 heterocycles. The molecule has 32 heavy (non-hydrogen) atoms. The summed E-state index contributed by atoms with van der Waals surface area (Å²) in [4.78, 5) is 23.8. The second kappa shape index (κ2) is 13.5. The van der Waals surface area contributed by atoms with Crippen LogP contribution in [-0.2, 0) is 16.0 Å². The Morgan fingerprint density at radius 3 is 2.16 bits per heavy atom. The third-order valence-corrected chi connectivity index (χ3v) is 4.97. The fourth-order valence-electron chi connectivity index (χ4n) is 3.17. The molecular formula is C26H32O6. The summed E-state index contributed by atoms with van der Waals surface area (Å²) in [5.41, 5.74) is 2.74. The minimum atomic E-state index is -0.768. The van der Waals surface area contributed by atoms with Gasteiger partial charge in [0.25, 0.3) is 0 Å². The van der Waals surface area contributed by atoms with Gasteiger partial charge in [0.15, 0.2) is 0 Å². The lowest BCUT2D eigenvalue weighted by Crippen LogP contribution is -2.13. The van der Waals surface area contributed by atoms with Crippen molar-refractivity contribution < 1.29 is 29.3 Å². The van der Waals surface area contributed by atoms with Crippen molar-refractivity contribution in [3.05, 3.63) is 60.2 Å². The average Bonchev–Trinajstić information content (AvgIpc) is 2.78. The maximum atomic E-state index is 12.0. The molecule has 172 valence electrons. The Kier molecular flexibility index (Phi) is 10.6. The minimum absolute atomic E-state index is 0.0856. The molecule has 6 nitrogen and oxygen atoms in total. The van der Waals surface area contributed by atoms with Crippen molar-refractivity contribution >= 4 is 11.9 Å². The van der Waals surface area contributed by atoms with Crippen molar-refractivity contribution in [2.75, 3.05) is 13.2 Å². The van der Waals surface area contributed by atoms with Gasteiger partial charge in [-0.25, -0.2) is 4.79 Å². The number of hydrogen-bond donors (Lipinski definition) is 2. The average molecular weight is 441 g/mol. The van der Waals surface area contributed by atoms with Gasteiger partial charge in [-0.1, -0.05) is 63.5 Å². The van der Waals surface area contributed by atoms with Gasteiger partial charge in [0.2, 0.25) is 0 Å². The summed E-state index contributed by atoms with van der Waals surface area (Å²) >= 11 is 0. The summed E-state index contributed by atoms with van der Waals surface area (Å²) in [5.74, 6) is -1.01. The number of aryl methyl sites for hydroxylation is 1. The first-order chi connectivity index (χ1) is 15.5. The van der Waals surface area contributed by atoms with E-state index in [1.807, 2.05) is 12.1 Å². The molecule has 0 spiro atoms. The molecule has 0 aromatic heterocycles. The van der Waals surface area contributed by atoms with Crippen LogP contribution in [0.4, 0.5) is 0 Å². The van der Waals surface area contributed by atoms with E-state index in [0.29, 0.717) is 5.56 Å². The van der Waals surface area contributed by atoms with Crippen LogP contribution in [0.5, 0.6) is 11.5 Å². The molecule has 0 fully saturated rings. The number of ether oxygens (including phenoxy) is 2.